The zero-order chi connectivity index (χ0) is 22.0. The van der Waals surface area contributed by atoms with Crippen molar-refractivity contribution in [1.29, 1.82) is 0 Å². The summed E-state index contributed by atoms with van der Waals surface area (Å²) >= 11 is 0. The number of hydrogen-bond acceptors (Lipinski definition) is 5. The summed E-state index contributed by atoms with van der Waals surface area (Å²) in [6, 6.07) is 13.7. The molecule has 2 aromatic rings. The molecule has 0 bridgehead atoms. The first-order chi connectivity index (χ1) is 14.9. The Hall–Kier alpha value is -3.55. The molecule has 0 spiro atoms. The molecule has 8 heteroatoms. The Kier molecular flexibility index (Phi) is 5.54. The molecule has 1 fully saturated rings. The third kappa shape index (κ3) is 3.81. The van der Waals surface area contributed by atoms with Crippen molar-refractivity contribution in [1.82, 2.24) is 15.5 Å². The molecule has 2 heterocycles. The van der Waals surface area contributed by atoms with Crippen LogP contribution in [-0.2, 0) is 15.1 Å². The lowest BCUT2D eigenvalue weighted by Crippen LogP contribution is -2.45. The molecule has 162 valence electrons. The molecule has 0 aromatic heterocycles. The second kappa shape index (κ2) is 8.29. The maximum atomic E-state index is 13.3. The van der Waals surface area contributed by atoms with Crippen LogP contribution in [0.4, 0.5) is 4.79 Å². The van der Waals surface area contributed by atoms with Crippen LogP contribution in [0.1, 0.15) is 43.9 Å². The minimum absolute atomic E-state index is 0.173. The van der Waals surface area contributed by atoms with Crippen molar-refractivity contribution in [2.24, 2.45) is 0 Å². The van der Waals surface area contributed by atoms with Gasteiger partial charge in [-0.3, -0.25) is 14.5 Å². The van der Waals surface area contributed by atoms with E-state index < -0.39 is 23.4 Å². The molecule has 4 amide bonds. The van der Waals surface area contributed by atoms with Crippen LogP contribution in [0, 0.1) is 0 Å². The number of amides is 4. The minimum atomic E-state index is -1.14. The molecule has 31 heavy (non-hydrogen) atoms. The van der Waals surface area contributed by atoms with Gasteiger partial charge in [0.2, 0.25) is 12.7 Å². The van der Waals surface area contributed by atoms with Gasteiger partial charge in [-0.1, -0.05) is 49.7 Å². The normalized spacial score (nSPS) is 20.5. The van der Waals surface area contributed by atoms with Crippen LogP contribution in [0.2, 0.25) is 0 Å². The topological polar surface area (TPSA) is 97.0 Å². The Labute approximate surface area is 180 Å². The summed E-state index contributed by atoms with van der Waals surface area (Å²) in [5.74, 6) is 0.458. The molecule has 2 aromatic carbocycles. The van der Waals surface area contributed by atoms with E-state index in [1.807, 2.05) is 56.3 Å². The Morgan fingerprint density at radius 3 is 2.65 bits per heavy atom. The van der Waals surface area contributed by atoms with Crippen molar-refractivity contribution in [2.75, 3.05) is 13.3 Å². The maximum absolute atomic E-state index is 13.3. The van der Waals surface area contributed by atoms with Crippen LogP contribution in [0.25, 0.3) is 0 Å². The van der Waals surface area contributed by atoms with Crippen molar-refractivity contribution in [3.63, 3.8) is 0 Å². The summed E-state index contributed by atoms with van der Waals surface area (Å²) < 4.78 is 10.7. The van der Waals surface area contributed by atoms with Crippen LogP contribution >= 0.6 is 0 Å². The summed E-state index contributed by atoms with van der Waals surface area (Å²) in [6.45, 7) is 3.60. The number of rotatable bonds is 7. The predicted octanol–water partition coefficient (Wildman–Crippen LogP) is 2.84. The molecule has 0 unspecified atom stereocenters. The predicted molar refractivity (Wildman–Crippen MR) is 112 cm³/mol. The highest BCUT2D eigenvalue weighted by Gasteiger charge is 2.52. The number of nitrogens with one attached hydrogen (secondary N) is 2. The smallest absolute Gasteiger partial charge is 0.325 e. The highest BCUT2D eigenvalue weighted by Crippen LogP contribution is 2.35. The van der Waals surface area contributed by atoms with Crippen molar-refractivity contribution >= 4 is 17.8 Å². The van der Waals surface area contributed by atoms with Crippen molar-refractivity contribution in [3.05, 3.63) is 59.7 Å². The highest BCUT2D eigenvalue weighted by molar-refractivity contribution is 6.09. The average molecular weight is 423 g/mol. The van der Waals surface area contributed by atoms with E-state index in [1.165, 1.54) is 0 Å². The number of carbonyl (C=O) groups is 3. The average Bonchev–Trinajstić information content (AvgIpc) is 3.33. The third-order valence-electron chi connectivity index (χ3n) is 5.64. The van der Waals surface area contributed by atoms with Crippen LogP contribution in [0.5, 0.6) is 11.5 Å². The Balaban J connectivity index is 1.46. The fraction of sp³-hybridized carbons (Fsp3) is 0.348. The molecule has 2 N–H and O–H groups in total. The lowest BCUT2D eigenvalue weighted by atomic mass is 9.85. The number of benzene rings is 2. The lowest BCUT2D eigenvalue weighted by Gasteiger charge is -2.27. The van der Waals surface area contributed by atoms with Gasteiger partial charge in [0.15, 0.2) is 11.5 Å². The van der Waals surface area contributed by atoms with Gasteiger partial charge in [-0.05, 0) is 36.6 Å². The number of carbonyl (C=O) groups excluding carboxylic acids is 3. The molecule has 0 aliphatic carbocycles. The Bertz CT molecular complexity index is 1010. The van der Waals surface area contributed by atoms with Crippen LogP contribution < -0.4 is 20.1 Å². The van der Waals surface area contributed by atoms with Gasteiger partial charge in [0.25, 0.3) is 5.91 Å². The summed E-state index contributed by atoms with van der Waals surface area (Å²) in [4.78, 5) is 39.6. The number of imide groups is 1. The summed E-state index contributed by atoms with van der Waals surface area (Å²) in [5.41, 5.74) is 0.405. The number of hydrogen-bond donors (Lipinski definition) is 2. The van der Waals surface area contributed by atoms with Gasteiger partial charge in [0.05, 0.1) is 6.04 Å². The SMILES string of the molecule is CCC[C@]1(c2ccccc2)NC(=O)N(CC(=O)N[C@H](C)c2ccc3c(c2)OCO3)C1=O. The number of fused-ring (bicyclic) bond motifs is 1. The summed E-state index contributed by atoms with van der Waals surface area (Å²) in [6.07, 6.45) is 1.15. The zero-order valence-corrected chi connectivity index (χ0v) is 17.5. The van der Waals surface area contributed by atoms with Gasteiger partial charge in [-0.2, -0.15) is 0 Å². The Morgan fingerprint density at radius 1 is 1.16 bits per heavy atom. The number of nitrogens with zero attached hydrogens (tertiary/aromatic N) is 1. The third-order valence-corrected chi connectivity index (χ3v) is 5.64. The van der Waals surface area contributed by atoms with E-state index in [2.05, 4.69) is 10.6 Å². The van der Waals surface area contributed by atoms with Crippen LogP contribution in [0.15, 0.2) is 48.5 Å². The molecule has 8 nitrogen and oxygen atoms in total. The standard InChI is InChI=1S/C23H25N3O5/c1-3-11-23(17-7-5-4-6-8-17)21(28)26(22(29)25-23)13-20(27)24-15(2)16-9-10-18-19(12-16)31-14-30-18/h4-10,12,15H,3,11,13-14H2,1-2H3,(H,24,27)(H,25,29)/t15-,23-/m1/s1. The molecule has 4 rings (SSSR count). The van der Waals surface area contributed by atoms with E-state index in [4.69, 9.17) is 9.47 Å². The monoisotopic (exact) mass is 423 g/mol. The summed E-state index contributed by atoms with van der Waals surface area (Å²) in [7, 11) is 0. The van der Waals surface area contributed by atoms with Gasteiger partial charge in [-0.25, -0.2) is 4.79 Å². The molecule has 0 radical (unpaired) electrons. The first kappa shape index (κ1) is 20.7. The number of urea groups is 1. The molecular weight excluding hydrogens is 398 g/mol. The first-order valence-electron chi connectivity index (χ1n) is 10.3. The lowest BCUT2D eigenvalue weighted by molar-refractivity contribution is -0.135. The van der Waals surface area contributed by atoms with E-state index in [0.29, 0.717) is 29.9 Å². The van der Waals surface area contributed by atoms with E-state index in [0.717, 1.165) is 10.5 Å². The molecule has 2 atom stereocenters. The Morgan fingerprint density at radius 2 is 1.90 bits per heavy atom. The van der Waals surface area contributed by atoms with E-state index in [1.54, 1.807) is 6.07 Å². The van der Waals surface area contributed by atoms with Gasteiger partial charge in [-0.15, -0.1) is 0 Å². The van der Waals surface area contributed by atoms with Gasteiger partial charge >= 0.3 is 6.03 Å². The van der Waals surface area contributed by atoms with Crippen molar-refractivity contribution in [3.8, 4) is 11.5 Å². The van der Waals surface area contributed by atoms with Crippen LogP contribution in [0.3, 0.4) is 0 Å². The minimum Gasteiger partial charge on any atom is -0.454 e. The molecule has 2 aliphatic rings. The van der Waals surface area contributed by atoms with Gasteiger partial charge in [0.1, 0.15) is 12.1 Å². The van der Waals surface area contributed by atoms with E-state index in [-0.39, 0.29) is 19.4 Å². The molecule has 1 saturated heterocycles. The molecular formula is C23H25N3O5. The second-order valence-corrected chi connectivity index (χ2v) is 7.74. The van der Waals surface area contributed by atoms with E-state index >= 15 is 0 Å². The van der Waals surface area contributed by atoms with Crippen molar-refractivity contribution in [2.45, 2.75) is 38.3 Å². The summed E-state index contributed by atoms with van der Waals surface area (Å²) in [5, 5.41) is 5.68. The molecule has 2 aliphatic heterocycles. The quantitative estimate of drug-likeness (QED) is 0.668. The molecule has 0 saturated carbocycles. The zero-order valence-electron chi connectivity index (χ0n) is 17.5. The van der Waals surface area contributed by atoms with Crippen molar-refractivity contribution < 1.29 is 23.9 Å². The van der Waals surface area contributed by atoms with Crippen LogP contribution in [-0.4, -0.2) is 36.1 Å². The van der Waals surface area contributed by atoms with Gasteiger partial charge in [0, 0.05) is 0 Å². The van der Waals surface area contributed by atoms with Gasteiger partial charge < -0.3 is 20.1 Å². The first-order valence-corrected chi connectivity index (χ1v) is 10.3. The maximum Gasteiger partial charge on any atom is 0.325 e. The fourth-order valence-electron chi connectivity index (χ4n) is 4.07. The number of ether oxygens (including phenoxy) is 2. The second-order valence-electron chi connectivity index (χ2n) is 7.74. The van der Waals surface area contributed by atoms with E-state index in [9.17, 15) is 14.4 Å². The highest BCUT2D eigenvalue weighted by atomic mass is 16.7. The largest absolute Gasteiger partial charge is 0.454 e. The fourth-order valence-corrected chi connectivity index (χ4v) is 4.07.